The van der Waals surface area contributed by atoms with Gasteiger partial charge >= 0.3 is 6.18 Å². The molecule has 1 amide bonds. The lowest BCUT2D eigenvalue weighted by Gasteiger charge is -2.36. The van der Waals surface area contributed by atoms with E-state index in [9.17, 15) is 18.0 Å². The number of halogens is 3. The molecule has 144 valence electrons. The van der Waals surface area contributed by atoms with Crippen molar-refractivity contribution in [3.8, 4) is 0 Å². The van der Waals surface area contributed by atoms with Crippen LogP contribution in [-0.2, 0) is 23.8 Å². The van der Waals surface area contributed by atoms with E-state index in [2.05, 4.69) is 5.32 Å². The van der Waals surface area contributed by atoms with Crippen LogP contribution in [0.1, 0.15) is 30.8 Å². The molecule has 1 atom stereocenters. The van der Waals surface area contributed by atoms with E-state index in [1.54, 1.807) is 0 Å². The summed E-state index contributed by atoms with van der Waals surface area (Å²) < 4.78 is 38.6. The number of nitrogens with one attached hydrogen (secondary N) is 1. The molecule has 2 heterocycles. The predicted molar refractivity (Wildman–Crippen MR) is 97.9 cm³/mol. The van der Waals surface area contributed by atoms with Crippen LogP contribution in [-0.4, -0.2) is 24.0 Å². The normalized spacial score (nSPS) is 16.8. The number of amides is 1. The zero-order valence-corrected chi connectivity index (χ0v) is 15.3. The lowest BCUT2D eigenvalue weighted by molar-refractivity contribution is -0.137. The van der Waals surface area contributed by atoms with Gasteiger partial charge < -0.3 is 10.2 Å². The van der Waals surface area contributed by atoms with Crippen LogP contribution < -0.4 is 10.2 Å². The number of rotatable bonds is 4. The van der Waals surface area contributed by atoms with Crippen LogP contribution in [0, 0.1) is 5.92 Å². The Morgan fingerprint density at radius 1 is 1.22 bits per heavy atom. The second-order valence-corrected chi connectivity index (χ2v) is 6.78. The molecule has 1 aromatic heterocycles. The maximum atomic E-state index is 12.9. The van der Waals surface area contributed by atoms with Crippen LogP contribution in [0.3, 0.4) is 0 Å². The minimum Gasteiger partial charge on any atom is -0.356 e. The first-order valence-electron chi connectivity index (χ1n) is 8.96. The Labute approximate surface area is 156 Å². The molecule has 1 N–H and O–H groups in total. The smallest absolute Gasteiger partial charge is 0.356 e. The van der Waals surface area contributed by atoms with Gasteiger partial charge in [0, 0.05) is 31.4 Å². The molecule has 1 aromatic carbocycles. The van der Waals surface area contributed by atoms with E-state index in [1.807, 2.05) is 24.0 Å². The highest BCUT2D eigenvalue weighted by atomic mass is 19.4. The van der Waals surface area contributed by atoms with Gasteiger partial charge in [-0.15, -0.1) is 0 Å². The van der Waals surface area contributed by atoms with E-state index < -0.39 is 11.7 Å². The Morgan fingerprint density at radius 2 is 1.93 bits per heavy atom. The SMILES string of the molecule is CCc1ccc2c(n1)CC(CNC(C)=O)CN2c1ccc(C(F)(F)F)cc1. The molecule has 2 aromatic rings. The summed E-state index contributed by atoms with van der Waals surface area (Å²) in [6.07, 6.45) is -2.83. The van der Waals surface area contributed by atoms with E-state index in [-0.39, 0.29) is 11.8 Å². The first kappa shape index (κ1) is 19.2. The number of pyridine rings is 1. The number of carbonyl (C=O) groups excluding carboxylic acids is 1. The van der Waals surface area contributed by atoms with Crippen molar-refractivity contribution < 1.29 is 18.0 Å². The van der Waals surface area contributed by atoms with Crippen LogP contribution in [0.5, 0.6) is 0 Å². The Kier molecular flexibility index (Phi) is 5.39. The number of benzene rings is 1. The monoisotopic (exact) mass is 377 g/mol. The summed E-state index contributed by atoms with van der Waals surface area (Å²) >= 11 is 0. The molecule has 0 radical (unpaired) electrons. The van der Waals surface area contributed by atoms with Crippen molar-refractivity contribution in [3.05, 3.63) is 53.3 Å². The molecule has 0 fully saturated rings. The Balaban J connectivity index is 1.94. The molecular formula is C20H22F3N3O. The number of anilines is 2. The molecule has 1 aliphatic heterocycles. The number of carbonyl (C=O) groups is 1. The third-order valence-electron chi connectivity index (χ3n) is 4.73. The fourth-order valence-corrected chi connectivity index (χ4v) is 3.33. The van der Waals surface area contributed by atoms with Crippen LogP contribution >= 0.6 is 0 Å². The van der Waals surface area contributed by atoms with E-state index in [0.717, 1.165) is 42.0 Å². The summed E-state index contributed by atoms with van der Waals surface area (Å²) in [7, 11) is 0. The maximum Gasteiger partial charge on any atom is 0.416 e. The van der Waals surface area contributed by atoms with Crippen molar-refractivity contribution in [1.82, 2.24) is 10.3 Å². The van der Waals surface area contributed by atoms with Gasteiger partial charge in [0.1, 0.15) is 0 Å². The van der Waals surface area contributed by atoms with Gasteiger partial charge in [0.05, 0.1) is 16.9 Å². The molecular weight excluding hydrogens is 355 g/mol. The van der Waals surface area contributed by atoms with Crippen LogP contribution in [0.2, 0.25) is 0 Å². The number of nitrogens with zero attached hydrogens (tertiary/aromatic N) is 2. The van der Waals surface area contributed by atoms with Gasteiger partial charge in [-0.2, -0.15) is 13.2 Å². The molecule has 1 unspecified atom stereocenters. The number of aromatic nitrogens is 1. The lowest BCUT2D eigenvalue weighted by Crippen LogP contribution is -2.39. The van der Waals surface area contributed by atoms with Gasteiger partial charge in [-0.1, -0.05) is 6.92 Å². The van der Waals surface area contributed by atoms with Crippen molar-refractivity contribution in [2.24, 2.45) is 5.92 Å². The lowest BCUT2D eigenvalue weighted by atomic mass is 9.94. The van der Waals surface area contributed by atoms with Crippen LogP contribution in [0.4, 0.5) is 24.5 Å². The molecule has 27 heavy (non-hydrogen) atoms. The topological polar surface area (TPSA) is 45.2 Å². The molecule has 4 nitrogen and oxygen atoms in total. The minimum atomic E-state index is -4.36. The van der Waals surface area contributed by atoms with Crippen molar-refractivity contribution in [2.45, 2.75) is 32.9 Å². The fraction of sp³-hybridized carbons (Fsp3) is 0.400. The standard InChI is InChI=1S/C20H22F3N3O/c1-3-16-6-9-19-18(25-16)10-14(11-24-13(2)27)12-26(19)17-7-4-15(5-8-17)20(21,22)23/h4-9,14H,3,10-12H2,1-2H3,(H,24,27). The van der Waals surface area contributed by atoms with E-state index >= 15 is 0 Å². The quantitative estimate of drug-likeness (QED) is 0.872. The summed E-state index contributed by atoms with van der Waals surface area (Å²) in [6, 6.07) is 9.10. The van der Waals surface area contributed by atoms with E-state index in [0.29, 0.717) is 18.8 Å². The van der Waals surface area contributed by atoms with Crippen molar-refractivity contribution in [2.75, 3.05) is 18.0 Å². The number of hydrogen-bond acceptors (Lipinski definition) is 3. The van der Waals surface area contributed by atoms with E-state index in [4.69, 9.17) is 4.98 Å². The van der Waals surface area contributed by atoms with Crippen molar-refractivity contribution in [1.29, 1.82) is 0 Å². The molecule has 0 aliphatic carbocycles. The zero-order chi connectivity index (χ0) is 19.6. The van der Waals surface area contributed by atoms with Gasteiger partial charge in [0.2, 0.25) is 5.91 Å². The second-order valence-electron chi connectivity index (χ2n) is 6.78. The molecule has 0 bridgehead atoms. The maximum absolute atomic E-state index is 12.9. The summed E-state index contributed by atoms with van der Waals surface area (Å²) in [5.74, 6) is 0.0282. The van der Waals surface area contributed by atoms with Gasteiger partial charge in [-0.25, -0.2) is 0 Å². The van der Waals surface area contributed by atoms with Crippen LogP contribution in [0.25, 0.3) is 0 Å². The van der Waals surface area contributed by atoms with Crippen LogP contribution in [0.15, 0.2) is 36.4 Å². The minimum absolute atomic E-state index is 0.0999. The van der Waals surface area contributed by atoms with Gasteiger partial charge in [0.25, 0.3) is 0 Å². The van der Waals surface area contributed by atoms with Gasteiger partial charge in [0.15, 0.2) is 0 Å². The third-order valence-corrected chi connectivity index (χ3v) is 4.73. The fourth-order valence-electron chi connectivity index (χ4n) is 3.33. The summed E-state index contributed by atoms with van der Waals surface area (Å²) in [4.78, 5) is 18.0. The summed E-state index contributed by atoms with van der Waals surface area (Å²) in [6.45, 7) is 4.60. The highest BCUT2D eigenvalue weighted by molar-refractivity contribution is 5.73. The first-order valence-corrected chi connectivity index (χ1v) is 8.96. The van der Waals surface area contributed by atoms with Gasteiger partial charge in [-0.05, 0) is 55.2 Å². The molecule has 0 spiro atoms. The predicted octanol–water partition coefficient (Wildman–Crippen LogP) is 4.11. The number of alkyl halides is 3. The average Bonchev–Trinajstić information content (AvgIpc) is 2.64. The number of aryl methyl sites for hydroxylation is 1. The number of hydrogen-bond donors (Lipinski definition) is 1. The Hall–Kier alpha value is -2.57. The van der Waals surface area contributed by atoms with E-state index in [1.165, 1.54) is 19.1 Å². The Bertz CT molecular complexity index is 818. The molecule has 7 heteroatoms. The largest absolute Gasteiger partial charge is 0.416 e. The van der Waals surface area contributed by atoms with Crippen molar-refractivity contribution in [3.63, 3.8) is 0 Å². The molecule has 1 aliphatic rings. The highest BCUT2D eigenvalue weighted by Crippen LogP contribution is 2.36. The average molecular weight is 377 g/mol. The summed E-state index contributed by atoms with van der Waals surface area (Å²) in [5, 5.41) is 2.83. The summed E-state index contributed by atoms with van der Waals surface area (Å²) in [5.41, 5.74) is 2.81. The third kappa shape index (κ3) is 4.40. The second kappa shape index (κ2) is 7.58. The Morgan fingerprint density at radius 3 is 2.52 bits per heavy atom. The molecule has 3 rings (SSSR count). The first-order chi connectivity index (χ1) is 12.8. The highest BCUT2D eigenvalue weighted by Gasteiger charge is 2.31. The molecule has 0 saturated carbocycles. The van der Waals surface area contributed by atoms with Crippen molar-refractivity contribution >= 4 is 17.3 Å². The van der Waals surface area contributed by atoms with Gasteiger partial charge in [-0.3, -0.25) is 9.78 Å². The number of fused-ring (bicyclic) bond motifs is 1. The molecule has 0 saturated heterocycles. The zero-order valence-electron chi connectivity index (χ0n) is 15.3.